The molecule has 2 aromatic rings. The second-order valence-electron chi connectivity index (χ2n) is 4.12. The minimum atomic E-state index is -0.367. The normalized spacial score (nSPS) is 11.0. The number of rotatable bonds is 2. The second kappa shape index (κ2) is 4.22. The van der Waals surface area contributed by atoms with Crippen molar-refractivity contribution < 1.29 is 9.52 Å². The van der Waals surface area contributed by atoms with Crippen LogP contribution in [0.1, 0.15) is 16.7 Å². The molecule has 3 N–H and O–H groups in total. The molecule has 0 aliphatic carbocycles. The van der Waals surface area contributed by atoms with Crippen molar-refractivity contribution in [3.8, 4) is 5.75 Å². The van der Waals surface area contributed by atoms with Gasteiger partial charge >= 0.3 is 5.63 Å². The van der Waals surface area contributed by atoms with Gasteiger partial charge in [0.1, 0.15) is 11.3 Å². The van der Waals surface area contributed by atoms with Gasteiger partial charge in [-0.05, 0) is 44.5 Å². The van der Waals surface area contributed by atoms with Crippen molar-refractivity contribution in [1.29, 1.82) is 0 Å². The Labute approximate surface area is 98.7 Å². The van der Waals surface area contributed by atoms with Crippen LogP contribution in [-0.4, -0.2) is 11.7 Å². The van der Waals surface area contributed by atoms with Crippen molar-refractivity contribution in [3.63, 3.8) is 0 Å². The van der Waals surface area contributed by atoms with Crippen LogP contribution in [0, 0.1) is 13.8 Å². The van der Waals surface area contributed by atoms with E-state index in [2.05, 4.69) is 0 Å². The number of phenols is 1. The van der Waals surface area contributed by atoms with Crippen LogP contribution in [0.5, 0.6) is 5.75 Å². The van der Waals surface area contributed by atoms with Gasteiger partial charge in [-0.3, -0.25) is 0 Å². The van der Waals surface area contributed by atoms with Gasteiger partial charge < -0.3 is 15.3 Å². The Morgan fingerprint density at radius 1 is 1.29 bits per heavy atom. The second-order valence-corrected chi connectivity index (χ2v) is 4.12. The molecule has 0 atom stereocenters. The number of hydrogen-bond donors (Lipinski definition) is 2. The van der Waals surface area contributed by atoms with E-state index in [1.807, 2.05) is 6.92 Å². The summed E-state index contributed by atoms with van der Waals surface area (Å²) in [6, 6.07) is 3.37. The molecule has 17 heavy (non-hydrogen) atoms. The fraction of sp³-hybridized carbons (Fsp3) is 0.308. The van der Waals surface area contributed by atoms with Gasteiger partial charge in [-0.25, -0.2) is 4.79 Å². The van der Waals surface area contributed by atoms with Crippen molar-refractivity contribution in [2.75, 3.05) is 6.54 Å². The summed E-state index contributed by atoms with van der Waals surface area (Å²) in [6.45, 7) is 4.01. The fourth-order valence-corrected chi connectivity index (χ4v) is 2.01. The van der Waals surface area contributed by atoms with E-state index in [1.54, 1.807) is 19.1 Å². The first-order chi connectivity index (χ1) is 8.06. The zero-order valence-electron chi connectivity index (χ0n) is 9.91. The summed E-state index contributed by atoms with van der Waals surface area (Å²) < 4.78 is 5.27. The molecule has 0 amide bonds. The largest absolute Gasteiger partial charge is 0.508 e. The van der Waals surface area contributed by atoms with Crippen LogP contribution in [0.4, 0.5) is 0 Å². The van der Waals surface area contributed by atoms with Crippen LogP contribution in [-0.2, 0) is 6.42 Å². The molecule has 90 valence electrons. The summed E-state index contributed by atoms with van der Waals surface area (Å²) in [4.78, 5) is 11.8. The summed E-state index contributed by atoms with van der Waals surface area (Å²) in [5, 5.41) is 10.4. The third-order valence-corrected chi connectivity index (χ3v) is 3.07. The lowest BCUT2D eigenvalue weighted by atomic mass is 10.0. The highest BCUT2D eigenvalue weighted by Crippen LogP contribution is 2.28. The predicted octanol–water partition coefficient (Wildman–Crippen LogP) is 1.62. The highest BCUT2D eigenvalue weighted by Gasteiger charge is 2.13. The lowest BCUT2D eigenvalue weighted by Gasteiger charge is -2.09. The zero-order valence-corrected chi connectivity index (χ0v) is 9.91. The summed E-state index contributed by atoms with van der Waals surface area (Å²) >= 11 is 0. The predicted molar refractivity (Wildman–Crippen MR) is 66.4 cm³/mol. The van der Waals surface area contributed by atoms with Crippen molar-refractivity contribution in [2.24, 2.45) is 5.73 Å². The lowest BCUT2D eigenvalue weighted by molar-refractivity contribution is 0.468. The highest BCUT2D eigenvalue weighted by atomic mass is 16.4. The summed E-state index contributed by atoms with van der Waals surface area (Å²) in [5.41, 5.74) is 7.64. The molecule has 4 heteroatoms. The van der Waals surface area contributed by atoms with E-state index < -0.39 is 0 Å². The highest BCUT2D eigenvalue weighted by molar-refractivity contribution is 5.85. The average molecular weight is 233 g/mol. The smallest absolute Gasteiger partial charge is 0.339 e. The molecule has 1 heterocycles. The molecule has 0 spiro atoms. The SMILES string of the molecule is Cc1c(CCN)c(=O)oc2c(C)c(O)ccc12. The zero-order chi connectivity index (χ0) is 12.6. The Kier molecular flexibility index (Phi) is 2.90. The number of hydrogen-bond acceptors (Lipinski definition) is 4. The Morgan fingerprint density at radius 3 is 2.65 bits per heavy atom. The minimum absolute atomic E-state index is 0.131. The molecule has 0 fully saturated rings. The molecule has 0 saturated carbocycles. The molecule has 0 unspecified atom stereocenters. The van der Waals surface area contributed by atoms with Gasteiger partial charge in [0.15, 0.2) is 0 Å². The molecule has 0 bridgehead atoms. The number of nitrogens with two attached hydrogens (primary N) is 1. The molecule has 1 aromatic heterocycles. The van der Waals surface area contributed by atoms with Crippen LogP contribution < -0.4 is 11.4 Å². The summed E-state index contributed by atoms with van der Waals surface area (Å²) in [5.74, 6) is 0.131. The van der Waals surface area contributed by atoms with E-state index >= 15 is 0 Å². The first-order valence-electron chi connectivity index (χ1n) is 5.51. The maximum absolute atomic E-state index is 11.8. The van der Waals surface area contributed by atoms with Crippen molar-refractivity contribution in [3.05, 3.63) is 39.2 Å². The van der Waals surface area contributed by atoms with Gasteiger partial charge in [-0.1, -0.05) is 0 Å². The van der Waals surface area contributed by atoms with E-state index in [9.17, 15) is 9.90 Å². The number of benzene rings is 1. The van der Waals surface area contributed by atoms with Gasteiger partial charge in [0.2, 0.25) is 0 Å². The van der Waals surface area contributed by atoms with Crippen LogP contribution in [0.3, 0.4) is 0 Å². The quantitative estimate of drug-likeness (QED) is 0.773. The lowest BCUT2D eigenvalue weighted by Crippen LogP contribution is -2.15. The maximum Gasteiger partial charge on any atom is 0.339 e. The maximum atomic E-state index is 11.8. The van der Waals surface area contributed by atoms with Gasteiger partial charge in [0.25, 0.3) is 0 Å². The van der Waals surface area contributed by atoms with E-state index in [-0.39, 0.29) is 11.4 Å². The van der Waals surface area contributed by atoms with E-state index in [1.165, 1.54) is 0 Å². The molecular weight excluding hydrogens is 218 g/mol. The Balaban J connectivity index is 2.86. The van der Waals surface area contributed by atoms with E-state index in [0.29, 0.717) is 29.7 Å². The molecule has 1 aromatic carbocycles. The van der Waals surface area contributed by atoms with Gasteiger partial charge in [0.05, 0.1) is 0 Å². The number of fused-ring (bicyclic) bond motifs is 1. The number of aromatic hydroxyl groups is 1. The van der Waals surface area contributed by atoms with Crippen molar-refractivity contribution in [1.82, 2.24) is 0 Å². The Hall–Kier alpha value is -1.81. The fourth-order valence-electron chi connectivity index (χ4n) is 2.01. The first-order valence-corrected chi connectivity index (χ1v) is 5.51. The molecule has 2 rings (SSSR count). The third-order valence-electron chi connectivity index (χ3n) is 3.07. The first kappa shape index (κ1) is 11.7. The van der Waals surface area contributed by atoms with E-state index in [4.69, 9.17) is 10.2 Å². The standard InChI is InChI=1S/C13H15NO3/c1-7-9-3-4-11(15)8(2)12(9)17-13(16)10(7)5-6-14/h3-4,15H,5-6,14H2,1-2H3. The third kappa shape index (κ3) is 1.80. The Morgan fingerprint density at radius 2 is 2.00 bits per heavy atom. The van der Waals surface area contributed by atoms with Crippen LogP contribution in [0.25, 0.3) is 11.0 Å². The van der Waals surface area contributed by atoms with Crippen LogP contribution in [0.15, 0.2) is 21.3 Å². The monoisotopic (exact) mass is 233 g/mol. The van der Waals surface area contributed by atoms with Crippen LogP contribution in [0.2, 0.25) is 0 Å². The molecule has 4 nitrogen and oxygen atoms in total. The van der Waals surface area contributed by atoms with Crippen LogP contribution >= 0.6 is 0 Å². The van der Waals surface area contributed by atoms with Crippen molar-refractivity contribution in [2.45, 2.75) is 20.3 Å². The number of aryl methyl sites for hydroxylation is 2. The summed E-state index contributed by atoms with van der Waals surface area (Å²) in [6.07, 6.45) is 0.504. The molecule has 0 aliphatic heterocycles. The van der Waals surface area contributed by atoms with Gasteiger partial charge in [-0.2, -0.15) is 0 Å². The topological polar surface area (TPSA) is 76.5 Å². The average Bonchev–Trinajstić information content (AvgIpc) is 2.30. The van der Waals surface area contributed by atoms with E-state index in [0.717, 1.165) is 10.9 Å². The Bertz CT molecular complexity index is 629. The van der Waals surface area contributed by atoms with Crippen molar-refractivity contribution >= 4 is 11.0 Å². The molecule has 0 aliphatic rings. The number of phenolic OH excluding ortho intramolecular Hbond substituents is 1. The molecule has 0 saturated heterocycles. The van der Waals surface area contributed by atoms with Gasteiger partial charge in [-0.15, -0.1) is 0 Å². The summed E-state index contributed by atoms with van der Waals surface area (Å²) in [7, 11) is 0. The van der Waals surface area contributed by atoms with Gasteiger partial charge in [0, 0.05) is 16.5 Å². The molecular formula is C13H15NO3. The minimum Gasteiger partial charge on any atom is -0.508 e. The molecule has 0 radical (unpaired) electrons.